The second-order valence-corrected chi connectivity index (χ2v) is 5.69. The summed E-state index contributed by atoms with van der Waals surface area (Å²) in [7, 11) is 0. The summed E-state index contributed by atoms with van der Waals surface area (Å²) in [5.74, 6) is 0.929. The summed E-state index contributed by atoms with van der Waals surface area (Å²) in [4.78, 5) is 0. The van der Waals surface area contributed by atoms with E-state index in [0.29, 0.717) is 5.41 Å². The van der Waals surface area contributed by atoms with E-state index in [-0.39, 0.29) is 0 Å². The number of rotatable bonds is 9. The highest BCUT2D eigenvalue weighted by Gasteiger charge is 2.32. The maximum atomic E-state index is 5.25. The van der Waals surface area contributed by atoms with Crippen LogP contribution in [-0.4, -0.2) is 26.3 Å². The van der Waals surface area contributed by atoms with Gasteiger partial charge in [-0.05, 0) is 18.9 Å². The predicted octanol–water partition coefficient (Wildman–Crippen LogP) is 3.22. The van der Waals surface area contributed by atoms with Crippen LogP contribution in [0.2, 0.25) is 0 Å². The van der Waals surface area contributed by atoms with Gasteiger partial charge < -0.3 is 10.1 Å². The molecule has 0 saturated carbocycles. The minimum Gasteiger partial charge on any atom is -0.380 e. The van der Waals surface area contributed by atoms with Gasteiger partial charge in [0.2, 0.25) is 0 Å². The SMILES string of the molecule is CCCCC(CC)CCNCC1(C)COC1. The molecule has 2 heteroatoms. The van der Waals surface area contributed by atoms with Crippen LogP contribution in [0.4, 0.5) is 0 Å². The minimum atomic E-state index is 0.422. The van der Waals surface area contributed by atoms with E-state index in [0.717, 1.165) is 25.7 Å². The molecule has 0 aliphatic carbocycles. The van der Waals surface area contributed by atoms with E-state index in [1.165, 1.54) is 38.6 Å². The van der Waals surface area contributed by atoms with Crippen molar-refractivity contribution in [1.29, 1.82) is 0 Å². The monoisotopic (exact) mass is 227 g/mol. The lowest BCUT2D eigenvalue weighted by molar-refractivity contribution is -0.0990. The van der Waals surface area contributed by atoms with E-state index in [9.17, 15) is 0 Å². The first-order valence-electron chi connectivity index (χ1n) is 6.98. The Balaban J connectivity index is 1.99. The van der Waals surface area contributed by atoms with Gasteiger partial charge in [0.25, 0.3) is 0 Å². The molecule has 1 rings (SSSR count). The van der Waals surface area contributed by atoms with Crippen molar-refractivity contribution in [2.45, 2.75) is 52.9 Å². The Morgan fingerprint density at radius 3 is 2.50 bits per heavy atom. The van der Waals surface area contributed by atoms with Gasteiger partial charge in [-0.25, -0.2) is 0 Å². The normalized spacial score (nSPS) is 20.4. The number of unbranched alkanes of at least 4 members (excludes halogenated alkanes) is 1. The smallest absolute Gasteiger partial charge is 0.0554 e. The van der Waals surface area contributed by atoms with E-state index in [2.05, 4.69) is 26.1 Å². The van der Waals surface area contributed by atoms with Crippen molar-refractivity contribution in [2.75, 3.05) is 26.3 Å². The van der Waals surface area contributed by atoms with Gasteiger partial charge in [-0.1, -0.05) is 46.5 Å². The summed E-state index contributed by atoms with van der Waals surface area (Å²) in [5, 5.41) is 3.59. The molecule has 1 atom stereocenters. The summed E-state index contributed by atoms with van der Waals surface area (Å²) in [6.07, 6.45) is 6.81. The highest BCUT2D eigenvalue weighted by atomic mass is 16.5. The van der Waals surface area contributed by atoms with Crippen molar-refractivity contribution in [2.24, 2.45) is 11.3 Å². The first-order valence-corrected chi connectivity index (χ1v) is 6.98. The Morgan fingerprint density at radius 2 is 2.00 bits per heavy atom. The predicted molar refractivity (Wildman–Crippen MR) is 69.7 cm³/mol. The van der Waals surface area contributed by atoms with Crippen LogP contribution < -0.4 is 5.32 Å². The molecule has 96 valence electrons. The van der Waals surface area contributed by atoms with Gasteiger partial charge in [0, 0.05) is 12.0 Å². The molecule has 2 nitrogen and oxygen atoms in total. The van der Waals surface area contributed by atoms with Crippen molar-refractivity contribution in [3.05, 3.63) is 0 Å². The van der Waals surface area contributed by atoms with Gasteiger partial charge in [0.15, 0.2) is 0 Å². The lowest BCUT2D eigenvalue weighted by Crippen LogP contribution is -2.47. The number of ether oxygens (including phenoxy) is 1. The second kappa shape index (κ2) is 7.29. The standard InChI is InChI=1S/C14H29NO/c1-4-6-7-13(5-2)8-9-15-10-14(3)11-16-12-14/h13,15H,4-12H2,1-3H3. The summed E-state index contributed by atoms with van der Waals surface area (Å²) in [5.41, 5.74) is 0.422. The van der Waals surface area contributed by atoms with Crippen LogP contribution in [0.15, 0.2) is 0 Å². The molecular formula is C14H29NO. The largest absolute Gasteiger partial charge is 0.380 e. The molecule has 0 aromatic heterocycles. The fraction of sp³-hybridized carbons (Fsp3) is 1.00. The molecule has 0 spiro atoms. The van der Waals surface area contributed by atoms with E-state index >= 15 is 0 Å². The quantitative estimate of drug-likeness (QED) is 0.611. The van der Waals surface area contributed by atoms with Crippen LogP contribution in [0, 0.1) is 11.3 Å². The maximum Gasteiger partial charge on any atom is 0.0554 e. The fourth-order valence-electron chi connectivity index (χ4n) is 2.29. The van der Waals surface area contributed by atoms with Gasteiger partial charge >= 0.3 is 0 Å². The minimum absolute atomic E-state index is 0.422. The van der Waals surface area contributed by atoms with E-state index in [4.69, 9.17) is 4.74 Å². The average Bonchev–Trinajstić information content (AvgIpc) is 2.26. The summed E-state index contributed by atoms with van der Waals surface area (Å²) < 4.78 is 5.25. The Bertz CT molecular complexity index is 178. The van der Waals surface area contributed by atoms with Crippen LogP contribution in [0.3, 0.4) is 0 Å². The molecule has 0 aromatic rings. The van der Waals surface area contributed by atoms with Crippen LogP contribution in [-0.2, 0) is 4.74 Å². The molecule has 1 fully saturated rings. The van der Waals surface area contributed by atoms with Crippen LogP contribution in [0.1, 0.15) is 52.9 Å². The maximum absolute atomic E-state index is 5.25. The van der Waals surface area contributed by atoms with Gasteiger partial charge in [0.1, 0.15) is 0 Å². The lowest BCUT2D eigenvalue weighted by atomic mass is 9.88. The highest BCUT2D eigenvalue weighted by Crippen LogP contribution is 2.25. The average molecular weight is 227 g/mol. The molecule has 1 N–H and O–H groups in total. The Hall–Kier alpha value is -0.0800. The van der Waals surface area contributed by atoms with Crippen LogP contribution >= 0.6 is 0 Å². The zero-order chi connectivity index (χ0) is 11.9. The Morgan fingerprint density at radius 1 is 1.25 bits per heavy atom. The van der Waals surface area contributed by atoms with Gasteiger partial charge in [0.05, 0.1) is 13.2 Å². The number of hydrogen-bond donors (Lipinski definition) is 1. The van der Waals surface area contributed by atoms with Crippen molar-refractivity contribution < 1.29 is 4.74 Å². The van der Waals surface area contributed by atoms with Crippen LogP contribution in [0.25, 0.3) is 0 Å². The Labute approximate surface area is 101 Å². The van der Waals surface area contributed by atoms with Crippen molar-refractivity contribution in [3.8, 4) is 0 Å². The van der Waals surface area contributed by atoms with E-state index in [1.54, 1.807) is 0 Å². The summed E-state index contributed by atoms with van der Waals surface area (Å²) in [6, 6.07) is 0. The molecule has 1 heterocycles. The third-order valence-electron chi connectivity index (χ3n) is 3.73. The fourth-order valence-corrected chi connectivity index (χ4v) is 2.29. The number of nitrogens with one attached hydrogen (secondary N) is 1. The topological polar surface area (TPSA) is 21.3 Å². The van der Waals surface area contributed by atoms with Crippen molar-refractivity contribution >= 4 is 0 Å². The van der Waals surface area contributed by atoms with Crippen molar-refractivity contribution in [1.82, 2.24) is 5.32 Å². The second-order valence-electron chi connectivity index (χ2n) is 5.69. The first kappa shape index (κ1) is 14.0. The zero-order valence-electron chi connectivity index (χ0n) is 11.3. The third-order valence-corrected chi connectivity index (χ3v) is 3.73. The molecule has 1 saturated heterocycles. The molecule has 0 radical (unpaired) electrons. The molecule has 1 unspecified atom stereocenters. The van der Waals surface area contributed by atoms with E-state index in [1.807, 2.05) is 0 Å². The molecule has 16 heavy (non-hydrogen) atoms. The Kier molecular flexibility index (Phi) is 6.37. The lowest BCUT2D eigenvalue weighted by Gasteiger charge is -2.38. The van der Waals surface area contributed by atoms with Gasteiger partial charge in [-0.2, -0.15) is 0 Å². The summed E-state index contributed by atoms with van der Waals surface area (Å²) in [6.45, 7) is 11.1. The van der Waals surface area contributed by atoms with Gasteiger partial charge in [-0.15, -0.1) is 0 Å². The summed E-state index contributed by atoms with van der Waals surface area (Å²) >= 11 is 0. The molecule has 0 aromatic carbocycles. The third kappa shape index (κ3) is 4.84. The number of hydrogen-bond acceptors (Lipinski definition) is 2. The molecule has 1 aliphatic heterocycles. The molecule has 1 aliphatic rings. The molecule has 0 amide bonds. The van der Waals surface area contributed by atoms with E-state index < -0.39 is 0 Å². The molecular weight excluding hydrogens is 198 g/mol. The first-order chi connectivity index (χ1) is 7.70. The molecule has 0 bridgehead atoms. The van der Waals surface area contributed by atoms with Crippen molar-refractivity contribution in [3.63, 3.8) is 0 Å². The zero-order valence-corrected chi connectivity index (χ0v) is 11.3. The highest BCUT2D eigenvalue weighted by molar-refractivity contribution is 4.82. The van der Waals surface area contributed by atoms with Gasteiger partial charge in [-0.3, -0.25) is 0 Å². The van der Waals surface area contributed by atoms with Crippen LogP contribution in [0.5, 0.6) is 0 Å².